The van der Waals surface area contributed by atoms with Gasteiger partial charge in [-0.1, -0.05) is 68.4 Å². The lowest BCUT2D eigenvalue weighted by Crippen LogP contribution is -2.33. The van der Waals surface area contributed by atoms with Crippen molar-refractivity contribution < 1.29 is 4.74 Å². The van der Waals surface area contributed by atoms with Crippen LogP contribution in [-0.2, 0) is 15.9 Å². The molecular formula is C23H32ClNO. The van der Waals surface area contributed by atoms with Crippen LogP contribution in [0.15, 0.2) is 54.6 Å². The highest BCUT2D eigenvalue weighted by atomic mass is 35.5. The predicted octanol–water partition coefficient (Wildman–Crippen LogP) is 5.74. The molecule has 1 atom stereocenters. The average molecular weight is 374 g/mol. The molecule has 0 saturated carbocycles. The molecule has 0 fully saturated rings. The molecule has 1 aliphatic heterocycles. The lowest BCUT2D eigenvalue weighted by molar-refractivity contribution is -0.131. The fourth-order valence-electron chi connectivity index (χ4n) is 4.35. The summed E-state index contributed by atoms with van der Waals surface area (Å²) < 4.78 is 7.05. The zero-order chi connectivity index (χ0) is 17.9. The van der Waals surface area contributed by atoms with Gasteiger partial charge in [0, 0.05) is 0 Å². The first kappa shape index (κ1) is 21.0. The van der Waals surface area contributed by atoms with Gasteiger partial charge in [0.25, 0.3) is 0 Å². The normalized spacial score (nSPS) is 20.7. The van der Waals surface area contributed by atoms with Gasteiger partial charge in [-0.2, -0.15) is 0 Å². The van der Waals surface area contributed by atoms with E-state index in [2.05, 4.69) is 87.4 Å². The van der Waals surface area contributed by atoms with E-state index in [0.717, 1.165) is 32.2 Å². The van der Waals surface area contributed by atoms with Crippen LogP contribution in [0, 0.1) is 0 Å². The van der Waals surface area contributed by atoms with Gasteiger partial charge < -0.3 is 9.64 Å². The zero-order valence-corrected chi connectivity index (χ0v) is 17.3. The Bertz CT molecular complexity index is 696. The van der Waals surface area contributed by atoms with Crippen molar-refractivity contribution in [2.75, 3.05) is 20.6 Å². The van der Waals surface area contributed by atoms with E-state index >= 15 is 0 Å². The molecule has 1 aliphatic rings. The lowest BCUT2D eigenvalue weighted by Gasteiger charge is -2.36. The van der Waals surface area contributed by atoms with Crippen molar-refractivity contribution in [3.63, 3.8) is 0 Å². The van der Waals surface area contributed by atoms with Crippen molar-refractivity contribution in [1.29, 1.82) is 0 Å². The number of halogens is 1. The molecule has 26 heavy (non-hydrogen) atoms. The van der Waals surface area contributed by atoms with Crippen LogP contribution < -0.4 is 0 Å². The van der Waals surface area contributed by atoms with Gasteiger partial charge in [-0.3, -0.25) is 0 Å². The Morgan fingerprint density at radius 3 is 2.00 bits per heavy atom. The molecule has 0 spiro atoms. The monoisotopic (exact) mass is 373 g/mol. The molecule has 3 rings (SSSR count). The van der Waals surface area contributed by atoms with Crippen molar-refractivity contribution in [2.45, 2.75) is 50.7 Å². The summed E-state index contributed by atoms with van der Waals surface area (Å²) in [5.41, 5.74) is 3.52. The van der Waals surface area contributed by atoms with Crippen molar-refractivity contribution in [3.8, 4) is 0 Å². The highest BCUT2D eigenvalue weighted by Crippen LogP contribution is 2.55. The number of rotatable bonds is 7. The Kier molecular flexibility index (Phi) is 6.90. The van der Waals surface area contributed by atoms with E-state index in [1.165, 1.54) is 16.7 Å². The second-order valence-electron chi connectivity index (χ2n) is 7.45. The molecule has 1 heterocycles. The third-order valence-electron chi connectivity index (χ3n) is 5.74. The number of hydrogen-bond donors (Lipinski definition) is 0. The fraction of sp³-hybridized carbons (Fsp3) is 0.478. The summed E-state index contributed by atoms with van der Waals surface area (Å²) >= 11 is 0. The van der Waals surface area contributed by atoms with Crippen molar-refractivity contribution >= 4 is 12.4 Å². The minimum atomic E-state index is -0.333. The van der Waals surface area contributed by atoms with Gasteiger partial charge in [0.1, 0.15) is 5.60 Å². The lowest BCUT2D eigenvalue weighted by atomic mass is 9.80. The Morgan fingerprint density at radius 1 is 0.846 bits per heavy atom. The van der Waals surface area contributed by atoms with Gasteiger partial charge in [-0.05, 0) is 63.0 Å². The van der Waals surface area contributed by atoms with Crippen molar-refractivity contribution in [3.05, 3.63) is 71.3 Å². The molecule has 0 aromatic heterocycles. The largest absolute Gasteiger partial charge is 0.354 e. The number of benzene rings is 2. The maximum Gasteiger partial charge on any atom is 0.120 e. The van der Waals surface area contributed by atoms with E-state index in [4.69, 9.17) is 4.74 Å². The van der Waals surface area contributed by atoms with Crippen molar-refractivity contribution in [2.24, 2.45) is 0 Å². The highest BCUT2D eigenvalue weighted by molar-refractivity contribution is 5.85. The summed E-state index contributed by atoms with van der Waals surface area (Å²) in [5, 5.41) is 0. The van der Waals surface area contributed by atoms with E-state index < -0.39 is 0 Å². The smallest absolute Gasteiger partial charge is 0.120 e. The van der Waals surface area contributed by atoms with E-state index in [1.54, 1.807) is 0 Å². The van der Waals surface area contributed by atoms with E-state index in [1.807, 2.05) is 0 Å². The van der Waals surface area contributed by atoms with Crippen LogP contribution in [0.25, 0.3) is 0 Å². The molecule has 0 aliphatic carbocycles. The number of ether oxygens (including phenoxy) is 1. The fourth-order valence-corrected chi connectivity index (χ4v) is 4.35. The average Bonchev–Trinajstić information content (AvgIpc) is 2.94. The van der Waals surface area contributed by atoms with Crippen LogP contribution in [-0.4, -0.2) is 25.5 Å². The van der Waals surface area contributed by atoms with Crippen LogP contribution in [0.5, 0.6) is 0 Å². The summed E-state index contributed by atoms with van der Waals surface area (Å²) in [6, 6.07) is 19.7. The van der Waals surface area contributed by atoms with Gasteiger partial charge >= 0.3 is 0 Å². The third-order valence-corrected chi connectivity index (χ3v) is 5.74. The first-order valence-electron chi connectivity index (χ1n) is 9.58. The van der Waals surface area contributed by atoms with E-state index in [9.17, 15) is 0 Å². The molecule has 0 amide bonds. The molecule has 2 nitrogen and oxygen atoms in total. The molecule has 142 valence electrons. The van der Waals surface area contributed by atoms with Gasteiger partial charge in [0.2, 0.25) is 0 Å². The minimum absolute atomic E-state index is 0. The van der Waals surface area contributed by atoms with Crippen LogP contribution in [0.2, 0.25) is 0 Å². The molecule has 0 unspecified atom stereocenters. The SMILES string of the molecule is CCC1(CC)O[C@](CCCN(C)C)(c2ccccc2)c2ccccc21.Cl. The quantitative estimate of drug-likeness (QED) is 0.613. The van der Waals surface area contributed by atoms with E-state index in [-0.39, 0.29) is 23.6 Å². The third kappa shape index (κ3) is 3.55. The first-order chi connectivity index (χ1) is 12.1. The Balaban J connectivity index is 0.00000243. The second-order valence-corrected chi connectivity index (χ2v) is 7.45. The second kappa shape index (κ2) is 8.56. The number of nitrogens with zero attached hydrogens (tertiary/aromatic N) is 1. The topological polar surface area (TPSA) is 12.5 Å². The van der Waals surface area contributed by atoms with Crippen molar-refractivity contribution in [1.82, 2.24) is 4.90 Å². The van der Waals surface area contributed by atoms with Gasteiger partial charge in [0.15, 0.2) is 0 Å². The first-order valence-corrected chi connectivity index (χ1v) is 9.58. The summed E-state index contributed by atoms with van der Waals surface area (Å²) in [5.74, 6) is 0. The number of hydrogen-bond acceptors (Lipinski definition) is 2. The molecule has 2 aromatic rings. The van der Waals surface area contributed by atoms with Crippen LogP contribution in [0.3, 0.4) is 0 Å². The highest BCUT2D eigenvalue weighted by Gasteiger charge is 2.51. The number of fused-ring (bicyclic) bond motifs is 1. The summed E-state index contributed by atoms with van der Waals surface area (Å²) in [4.78, 5) is 2.26. The summed E-state index contributed by atoms with van der Waals surface area (Å²) in [6.07, 6.45) is 4.12. The Morgan fingerprint density at radius 2 is 1.42 bits per heavy atom. The Labute approximate surface area is 165 Å². The molecule has 0 radical (unpaired) electrons. The van der Waals surface area contributed by atoms with Gasteiger partial charge in [-0.15, -0.1) is 12.4 Å². The standard InChI is InChI=1S/C23H31NO.ClH/c1-5-22(6-2)20-15-10-11-16-21(20)23(25-22,17-12-18-24(3)4)19-13-8-7-9-14-19;/h7-11,13-16H,5-6,12,17-18H2,1-4H3;1H/t23-;/m1./s1. The maximum atomic E-state index is 7.05. The zero-order valence-electron chi connectivity index (χ0n) is 16.5. The molecule has 0 N–H and O–H groups in total. The molecule has 0 saturated heterocycles. The van der Waals surface area contributed by atoms with Gasteiger partial charge in [0.05, 0.1) is 5.60 Å². The summed E-state index contributed by atoms with van der Waals surface area (Å²) in [7, 11) is 4.28. The Hall–Kier alpha value is -1.35. The van der Waals surface area contributed by atoms with E-state index in [0.29, 0.717) is 0 Å². The van der Waals surface area contributed by atoms with Gasteiger partial charge in [-0.25, -0.2) is 0 Å². The summed E-state index contributed by atoms with van der Waals surface area (Å²) in [6.45, 7) is 5.58. The minimum Gasteiger partial charge on any atom is -0.354 e. The van der Waals surface area contributed by atoms with Crippen LogP contribution in [0.4, 0.5) is 0 Å². The molecule has 0 bridgehead atoms. The molecular weight excluding hydrogens is 342 g/mol. The van der Waals surface area contributed by atoms with Crippen LogP contribution in [0.1, 0.15) is 56.2 Å². The van der Waals surface area contributed by atoms with Crippen LogP contribution >= 0.6 is 12.4 Å². The predicted molar refractivity (Wildman–Crippen MR) is 112 cm³/mol. The maximum absolute atomic E-state index is 7.05. The molecule has 2 aromatic carbocycles. The molecule has 3 heteroatoms.